The zero-order chi connectivity index (χ0) is 24.2. The van der Waals surface area contributed by atoms with E-state index in [4.69, 9.17) is 0 Å². The number of para-hydroxylation sites is 1. The molecule has 2 heterocycles. The van der Waals surface area contributed by atoms with E-state index in [0.717, 1.165) is 21.1 Å². The quantitative estimate of drug-likeness (QED) is 0.172. The van der Waals surface area contributed by atoms with E-state index in [-0.39, 0.29) is 11.6 Å². The van der Waals surface area contributed by atoms with Crippen molar-refractivity contribution in [2.75, 3.05) is 5.32 Å². The van der Waals surface area contributed by atoms with E-state index in [1.807, 2.05) is 36.5 Å². The van der Waals surface area contributed by atoms with E-state index in [2.05, 4.69) is 26.7 Å². The van der Waals surface area contributed by atoms with E-state index in [0.29, 0.717) is 23.5 Å². The molecule has 0 aliphatic rings. The normalized spacial score (nSPS) is 11.0. The highest BCUT2D eigenvalue weighted by atomic mass is 32.2. The van der Waals surface area contributed by atoms with Gasteiger partial charge in [0, 0.05) is 35.3 Å². The van der Waals surface area contributed by atoms with Crippen molar-refractivity contribution in [3.05, 3.63) is 106 Å². The molecule has 1 N–H and O–H groups in total. The van der Waals surface area contributed by atoms with Crippen LogP contribution in [0, 0.1) is 10.1 Å². The summed E-state index contributed by atoms with van der Waals surface area (Å²) in [6.07, 6.45) is 1.91. The number of non-ortho nitro benzene ring substituents is 1. The van der Waals surface area contributed by atoms with Crippen LogP contribution in [-0.4, -0.2) is 30.8 Å². The van der Waals surface area contributed by atoms with Gasteiger partial charge in [0.25, 0.3) is 11.6 Å². The van der Waals surface area contributed by atoms with Crippen LogP contribution in [0.15, 0.2) is 83.3 Å². The first-order valence-electron chi connectivity index (χ1n) is 10.6. The van der Waals surface area contributed by atoms with Crippen molar-refractivity contribution < 1.29 is 9.72 Å². The maximum Gasteiger partial charge on any atom is 0.269 e. The number of thioether (sulfide) groups is 1. The molecule has 1 amide bonds. The highest BCUT2D eigenvalue weighted by Crippen LogP contribution is 2.30. The molecule has 5 aromatic rings. The molecule has 0 aliphatic carbocycles. The largest absolute Gasteiger partial charge is 0.322 e. The summed E-state index contributed by atoms with van der Waals surface area (Å²) in [5, 5.41) is 21.9. The minimum absolute atomic E-state index is 0.0287. The third-order valence-corrected chi connectivity index (χ3v) is 7.31. The molecule has 35 heavy (non-hydrogen) atoms. The van der Waals surface area contributed by atoms with Gasteiger partial charge in [-0.3, -0.25) is 14.9 Å². The van der Waals surface area contributed by atoms with Crippen LogP contribution in [-0.2, 0) is 12.3 Å². The molecule has 9 nitrogen and oxygen atoms in total. The zero-order valence-electron chi connectivity index (χ0n) is 18.2. The van der Waals surface area contributed by atoms with Crippen molar-refractivity contribution in [3.63, 3.8) is 0 Å². The maximum atomic E-state index is 12.5. The molecule has 0 fully saturated rings. The Kier molecular flexibility index (Phi) is 6.51. The number of nitro benzene ring substituents is 1. The number of thiazole rings is 1. The highest BCUT2D eigenvalue weighted by molar-refractivity contribution is 8.00. The fraction of sp³-hybridized carbons (Fsp3) is 0.0833. The molecule has 0 bridgehead atoms. The van der Waals surface area contributed by atoms with Gasteiger partial charge in [-0.05, 0) is 42.0 Å². The minimum Gasteiger partial charge on any atom is -0.322 e. The fourth-order valence-corrected chi connectivity index (χ4v) is 5.29. The number of fused-ring (bicyclic) bond motifs is 1. The summed E-state index contributed by atoms with van der Waals surface area (Å²) in [7, 11) is 0. The average Bonchev–Trinajstić information content (AvgIpc) is 3.49. The van der Waals surface area contributed by atoms with E-state index < -0.39 is 4.92 Å². The van der Waals surface area contributed by atoms with Gasteiger partial charge in [0.05, 0.1) is 27.4 Å². The second-order valence-corrected chi connectivity index (χ2v) is 9.85. The van der Waals surface area contributed by atoms with Gasteiger partial charge in [-0.25, -0.2) is 9.67 Å². The predicted octanol–water partition coefficient (Wildman–Crippen LogP) is 5.39. The van der Waals surface area contributed by atoms with Crippen molar-refractivity contribution in [1.82, 2.24) is 20.0 Å². The topological polar surface area (TPSA) is 116 Å². The Morgan fingerprint density at radius 3 is 2.57 bits per heavy atom. The maximum absolute atomic E-state index is 12.5. The van der Waals surface area contributed by atoms with Crippen molar-refractivity contribution >= 4 is 50.6 Å². The molecule has 0 unspecified atom stereocenters. The lowest BCUT2D eigenvalue weighted by Gasteiger charge is -2.06. The number of aromatic nitrogens is 4. The molecule has 0 saturated heterocycles. The second kappa shape index (κ2) is 10.0. The van der Waals surface area contributed by atoms with Crippen LogP contribution in [0.25, 0.3) is 10.2 Å². The first-order chi connectivity index (χ1) is 17.0. The van der Waals surface area contributed by atoms with Crippen molar-refractivity contribution in [3.8, 4) is 0 Å². The number of rotatable bonds is 8. The number of nitro groups is 1. The molecule has 0 spiro atoms. The predicted molar refractivity (Wildman–Crippen MR) is 136 cm³/mol. The van der Waals surface area contributed by atoms with Gasteiger partial charge in [0.2, 0.25) is 0 Å². The standard InChI is InChI=1S/C24H18N6O3S2/c31-23(25-18-9-11-20(12-10-18)30(32)33)17-7-5-16(6-8-17)13-29-14-19(27-28-29)15-34-24-26-21-3-1-2-4-22(21)35-24/h1-12,14H,13,15H2,(H,25,31). The number of carbonyl (C=O) groups excluding carboxylic acids is 1. The van der Waals surface area contributed by atoms with Crippen LogP contribution >= 0.6 is 23.1 Å². The van der Waals surface area contributed by atoms with Crippen LogP contribution in [0.2, 0.25) is 0 Å². The SMILES string of the molecule is O=C(Nc1ccc([N+](=O)[O-])cc1)c1ccc(Cn2cc(CSc3nc4ccccc4s3)nn2)cc1. The molecule has 0 radical (unpaired) electrons. The Balaban J connectivity index is 1.16. The fourth-order valence-electron chi connectivity index (χ4n) is 3.35. The molecule has 0 aliphatic heterocycles. The van der Waals surface area contributed by atoms with Crippen LogP contribution < -0.4 is 5.32 Å². The summed E-state index contributed by atoms with van der Waals surface area (Å²) in [6.45, 7) is 0.531. The Bertz CT molecular complexity index is 1460. The molecule has 174 valence electrons. The summed E-state index contributed by atoms with van der Waals surface area (Å²) in [6, 6.07) is 21.0. The van der Waals surface area contributed by atoms with E-state index in [1.165, 1.54) is 29.0 Å². The summed E-state index contributed by atoms with van der Waals surface area (Å²) in [4.78, 5) is 27.4. The van der Waals surface area contributed by atoms with Gasteiger partial charge in [-0.1, -0.05) is 41.2 Å². The number of hydrogen-bond acceptors (Lipinski definition) is 8. The van der Waals surface area contributed by atoms with Gasteiger partial charge in [0.15, 0.2) is 4.34 Å². The Labute approximate surface area is 208 Å². The summed E-state index contributed by atoms with van der Waals surface area (Å²) >= 11 is 3.31. The van der Waals surface area contributed by atoms with Crippen LogP contribution in [0.5, 0.6) is 0 Å². The Morgan fingerprint density at radius 1 is 1.06 bits per heavy atom. The van der Waals surface area contributed by atoms with Crippen molar-refractivity contribution in [1.29, 1.82) is 0 Å². The van der Waals surface area contributed by atoms with Gasteiger partial charge in [0.1, 0.15) is 0 Å². The van der Waals surface area contributed by atoms with Crippen LogP contribution in [0.4, 0.5) is 11.4 Å². The summed E-state index contributed by atoms with van der Waals surface area (Å²) < 4.78 is 3.94. The van der Waals surface area contributed by atoms with Crippen LogP contribution in [0.3, 0.4) is 0 Å². The molecule has 5 rings (SSSR count). The first kappa shape index (κ1) is 22.7. The number of benzene rings is 3. The summed E-state index contributed by atoms with van der Waals surface area (Å²) in [5.74, 6) is 0.391. The lowest BCUT2D eigenvalue weighted by Crippen LogP contribution is -2.12. The molecular weight excluding hydrogens is 484 g/mol. The monoisotopic (exact) mass is 502 g/mol. The van der Waals surface area contributed by atoms with Gasteiger partial charge >= 0.3 is 0 Å². The molecule has 0 saturated carbocycles. The minimum atomic E-state index is -0.482. The van der Waals surface area contributed by atoms with Crippen LogP contribution in [0.1, 0.15) is 21.6 Å². The lowest BCUT2D eigenvalue weighted by atomic mass is 10.1. The second-order valence-electron chi connectivity index (χ2n) is 7.60. The lowest BCUT2D eigenvalue weighted by molar-refractivity contribution is -0.384. The van der Waals surface area contributed by atoms with E-state index in [9.17, 15) is 14.9 Å². The number of amides is 1. The molecule has 0 atom stereocenters. The number of hydrogen-bond donors (Lipinski definition) is 1. The first-order valence-corrected chi connectivity index (χ1v) is 12.4. The van der Waals surface area contributed by atoms with E-state index in [1.54, 1.807) is 39.9 Å². The smallest absolute Gasteiger partial charge is 0.269 e. The van der Waals surface area contributed by atoms with Gasteiger partial charge in [-0.15, -0.1) is 16.4 Å². The van der Waals surface area contributed by atoms with Gasteiger partial charge < -0.3 is 5.32 Å². The van der Waals surface area contributed by atoms with E-state index >= 15 is 0 Å². The van der Waals surface area contributed by atoms with Gasteiger partial charge in [-0.2, -0.15) is 0 Å². The zero-order valence-corrected chi connectivity index (χ0v) is 19.8. The van der Waals surface area contributed by atoms with Crippen molar-refractivity contribution in [2.45, 2.75) is 16.6 Å². The number of nitrogens with zero attached hydrogens (tertiary/aromatic N) is 5. The Morgan fingerprint density at radius 2 is 1.83 bits per heavy atom. The number of nitrogens with one attached hydrogen (secondary N) is 1. The molecule has 3 aromatic carbocycles. The number of anilines is 1. The average molecular weight is 503 g/mol. The number of carbonyl (C=O) groups is 1. The Hall–Kier alpha value is -4.09. The molecule has 11 heteroatoms. The summed E-state index contributed by atoms with van der Waals surface area (Å²) in [5.41, 5.74) is 3.80. The third kappa shape index (κ3) is 5.53. The third-order valence-electron chi connectivity index (χ3n) is 5.10. The van der Waals surface area contributed by atoms with Crippen molar-refractivity contribution in [2.24, 2.45) is 0 Å². The highest BCUT2D eigenvalue weighted by Gasteiger charge is 2.10. The molecular formula is C24H18N6O3S2. The molecule has 2 aromatic heterocycles.